The summed E-state index contributed by atoms with van der Waals surface area (Å²) >= 11 is 0. The molecule has 0 bridgehead atoms. The quantitative estimate of drug-likeness (QED) is 0.608. The summed E-state index contributed by atoms with van der Waals surface area (Å²) in [7, 11) is 1.36. The standard InChI is InChI=1S/C8H10N2O2/c1-6(8(11)12-2)7-5-9-3-4-10-7/h3-6H,1-2H3/t6-/m0/s1. The molecule has 0 radical (unpaired) electrons. The summed E-state index contributed by atoms with van der Waals surface area (Å²) in [4.78, 5) is 18.9. The fourth-order valence-corrected chi connectivity index (χ4v) is 0.832. The maximum atomic E-state index is 11.0. The molecule has 1 aromatic heterocycles. The van der Waals surface area contributed by atoms with Gasteiger partial charge in [0.05, 0.1) is 18.7 Å². The number of nitrogens with zero attached hydrogens (tertiary/aromatic N) is 2. The van der Waals surface area contributed by atoms with Gasteiger partial charge in [0.25, 0.3) is 0 Å². The lowest BCUT2D eigenvalue weighted by Crippen LogP contribution is -2.12. The molecule has 64 valence electrons. The highest BCUT2D eigenvalue weighted by molar-refractivity contribution is 5.76. The van der Waals surface area contributed by atoms with Crippen LogP contribution in [-0.4, -0.2) is 23.0 Å². The molecule has 1 rings (SSSR count). The molecular formula is C8H10N2O2. The maximum Gasteiger partial charge on any atom is 0.314 e. The minimum atomic E-state index is -0.344. The van der Waals surface area contributed by atoms with Gasteiger partial charge in [-0.15, -0.1) is 0 Å². The fraction of sp³-hybridized carbons (Fsp3) is 0.375. The van der Waals surface area contributed by atoms with E-state index in [1.165, 1.54) is 7.11 Å². The van der Waals surface area contributed by atoms with Crippen LogP contribution in [0.4, 0.5) is 0 Å². The van der Waals surface area contributed by atoms with Crippen molar-refractivity contribution in [1.82, 2.24) is 9.97 Å². The number of hydrogen-bond donors (Lipinski definition) is 0. The molecule has 1 heterocycles. The van der Waals surface area contributed by atoms with Crippen LogP contribution in [-0.2, 0) is 9.53 Å². The SMILES string of the molecule is COC(=O)[C@@H](C)c1cnccn1. The predicted octanol–water partition coefficient (Wildman–Crippen LogP) is 0.753. The summed E-state index contributed by atoms with van der Waals surface area (Å²) in [5.74, 6) is -0.640. The maximum absolute atomic E-state index is 11.0. The highest BCUT2D eigenvalue weighted by atomic mass is 16.5. The van der Waals surface area contributed by atoms with Gasteiger partial charge in [0.1, 0.15) is 0 Å². The normalized spacial score (nSPS) is 12.2. The molecule has 0 N–H and O–H groups in total. The van der Waals surface area contributed by atoms with Gasteiger partial charge >= 0.3 is 5.97 Å². The van der Waals surface area contributed by atoms with Gasteiger partial charge in [-0.25, -0.2) is 0 Å². The first-order valence-corrected chi connectivity index (χ1v) is 3.59. The van der Waals surface area contributed by atoms with Crippen LogP contribution in [0.1, 0.15) is 18.5 Å². The van der Waals surface area contributed by atoms with Crippen LogP contribution in [0.3, 0.4) is 0 Å². The molecule has 4 nitrogen and oxygen atoms in total. The van der Waals surface area contributed by atoms with E-state index in [-0.39, 0.29) is 11.9 Å². The van der Waals surface area contributed by atoms with Gasteiger partial charge < -0.3 is 4.74 Å². The van der Waals surface area contributed by atoms with E-state index in [1.54, 1.807) is 25.5 Å². The summed E-state index contributed by atoms with van der Waals surface area (Å²) < 4.78 is 4.56. The summed E-state index contributed by atoms with van der Waals surface area (Å²) in [6, 6.07) is 0. The summed E-state index contributed by atoms with van der Waals surface area (Å²) in [6.07, 6.45) is 4.67. The molecule has 4 heteroatoms. The Morgan fingerprint density at radius 2 is 2.33 bits per heavy atom. The summed E-state index contributed by atoms with van der Waals surface area (Å²) in [5, 5.41) is 0. The third kappa shape index (κ3) is 1.78. The Hall–Kier alpha value is -1.45. The Labute approximate surface area is 70.6 Å². The topological polar surface area (TPSA) is 52.1 Å². The van der Waals surface area contributed by atoms with Crippen LogP contribution in [0.5, 0.6) is 0 Å². The molecule has 0 amide bonds. The lowest BCUT2D eigenvalue weighted by Gasteiger charge is -2.06. The molecule has 0 unspecified atom stereocenters. The van der Waals surface area contributed by atoms with Crippen molar-refractivity contribution in [2.75, 3.05) is 7.11 Å². The van der Waals surface area contributed by atoms with Crippen molar-refractivity contribution in [3.63, 3.8) is 0 Å². The monoisotopic (exact) mass is 166 g/mol. The lowest BCUT2D eigenvalue weighted by atomic mass is 10.1. The van der Waals surface area contributed by atoms with Crippen LogP contribution in [0.15, 0.2) is 18.6 Å². The second kappa shape index (κ2) is 3.80. The number of carbonyl (C=O) groups excluding carboxylic acids is 1. The third-order valence-electron chi connectivity index (χ3n) is 1.58. The minimum absolute atomic E-state index is 0.296. The molecule has 0 aliphatic carbocycles. The summed E-state index contributed by atoms with van der Waals surface area (Å²) in [5.41, 5.74) is 0.629. The Bertz CT molecular complexity index is 261. The van der Waals surface area contributed by atoms with E-state index in [1.807, 2.05) is 0 Å². The number of methoxy groups -OCH3 is 1. The molecule has 0 aromatic carbocycles. The Morgan fingerprint density at radius 3 is 2.83 bits per heavy atom. The molecule has 1 atom stereocenters. The lowest BCUT2D eigenvalue weighted by molar-refractivity contribution is -0.142. The molecule has 0 spiro atoms. The van der Waals surface area contributed by atoms with Gasteiger partial charge in [-0.2, -0.15) is 0 Å². The fourth-order valence-electron chi connectivity index (χ4n) is 0.832. The van der Waals surface area contributed by atoms with Gasteiger partial charge in [0, 0.05) is 18.6 Å². The zero-order valence-corrected chi connectivity index (χ0v) is 7.02. The van der Waals surface area contributed by atoms with Crippen LogP contribution < -0.4 is 0 Å². The number of hydrogen-bond acceptors (Lipinski definition) is 4. The van der Waals surface area contributed by atoms with E-state index < -0.39 is 0 Å². The minimum Gasteiger partial charge on any atom is -0.469 e. The average Bonchev–Trinajstić information content (AvgIpc) is 2.17. The largest absolute Gasteiger partial charge is 0.469 e. The smallest absolute Gasteiger partial charge is 0.314 e. The van der Waals surface area contributed by atoms with E-state index in [4.69, 9.17) is 0 Å². The molecule has 0 fully saturated rings. The number of carbonyl (C=O) groups is 1. The van der Waals surface area contributed by atoms with E-state index in [0.717, 1.165) is 0 Å². The molecule has 12 heavy (non-hydrogen) atoms. The first-order valence-electron chi connectivity index (χ1n) is 3.59. The van der Waals surface area contributed by atoms with Crippen molar-refractivity contribution < 1.29 is 9.53 Å². The van der Waals surface area contributed by atoms with Crippen LogP contribution in [0.2, 0.25) is 0 Å². The van der Waals surface area contributed by atoms with E-state index in [9.17, 15) is 4.79 Å². The van der Waals surface area contributed by atoms with Crippen molar-refractivity contribution in [1.29, 1.82) is 0 Å². The first-order chi connectivity index (χ1) is 5.75. The second-order valence-corrected chi connectivity index (χ2v) is 2.38. The van der Waals surface area contributed by atoms with E-state index in [2.05, 4.69) is 14.7 Å². The highest BCUT2D eigenvalue weighted by Crippen LogP contribution is 2.11. The molecule has 1 aromatic rings. The molecule has 0 saturated carbocycles. The van der Waals surface area contributed by atoms with Crippen LogP contribution >= 0.6 is 0 Å². The van der Waals surface area contributed by atoms with Crippen molar-refractivity contribution in [3.8, 4) is 0 Å². The van der Waals surface area contributed by atoms with Crippen molar-refractivity contribution in [3.05, 3.63) is 24.3 Å². The van der Waals surface area contributed by atoms with Crippen molar-refractivity contribution in [2.45, 2.75) is 12.8 Å². The molecule has 0 aliphatic rings. The van der Waals surface area contributed by atoms with Crippen LogP contribution in [0.25, 0.3) is 0 Å². The summed E-state index contributed by atoms with van der Waals surface area (Å²) in [6.45, 7) is 1.73. The van der Waals surface area contributed by atoms with Crippen molar-refractivity contribution >= 4 is 5.97 Å². The number of ether oxygens (including phenoxy) is 1. The third-order valence-corrected chi connectivity index (χ3v) is 1.58. The highest BCUT2D eigenvalue weighted by Gasteiger charge is 2.16. The van der Waals surface area contributed by atoms with Gasteiger partial charge in [-0.3, -0.25) is 14.8 Å². The van der Waals surface area contributed by atoms with Crippen LogP contribution in [0, 0.1) is 0 Å². The number of rotatable bonds is 2. The molecule has 0 saturated heterocycles. The van der Waals surface area contributed by atoms with Gasteiger partial charge in [-0.1, -0.05) is 0 Å². The second-order valence-electron chi connectivity index (χ2n) is 2.38. The Balaban J connectivity index is 2.78. The van der Waals surface area contributed by atoms with Crippen molar-refractivity contribution in [2.24, 2.45) is 0 Å². The van der Waals surface area contributed by atoms with Gasteiger partial charge in [0.2, 0.25) is 0 Å². The van der Waals surface area contributed by atoms with E-state index in [0.29, 0.717) is 5.69 Å². The zero-order chi connectivity index (χ0) is 8.97. The molecular weight excluding hydrogens is 156 g/mol. The Morgan fingerprint density at radius 1 is 1.58 bits per heavy atom. The Kier molecular flexibility index (Phi) is 2.74. The average molecular weight is 166 g/mol. The van der Waals surface area contributed by atoms with E-state index >= 15 is 0 Å². The van der Waals surface area contributed by atoms with Gasteiger partial charge in [0.15, 0.2) is 0 Å². The number of aromatic nitrogens is 2. The zero-order valence-electron chi connectivity index (χ0n) is 7.02. The predicted molar refractivity (Wildman–Crippen MR) is 42.5 cm³/mol. The number of esters is 1. The molecule has 0 aliphatic heterocycles. The van der Waals surface area contributed by atoms with Gasteiger partial charge in [-0.05, 0) is 6.92 Å². The first kappa shape index (κ1) is 8.64.